The first-order valence-electron chi connectivity index (χ1n) is 4.89. The summed E-state index contributed by atoms with van der Waals surface area (Å²) in [5, 5.41) is 1.72. The van der Waals surface area contributed by atoms with E-state index in [1.165, 1.54) is 0 Å². The van der Waals surface area contributed by atoms with Crippen molar-refractivity contribution >= 4 is 22.5 Å². The fourth-order valence-corrected chi connectivity index (χ4v) is 1.98. The minimum Gasteiger partial charge on any atom is -0.284 e. The monoisotopic (exact) mass is 229 g/mol. The molecular formula is C12H8ClN3. The largest absolute Gasteiger partial charge is 0.284 e. The van der Waals surface area contributed by atoms with E-state index in [9.17, 15) is 0 Å². The molecule has 0 unspecified atom stereocenters. The predicted molar refractivity (Wildman–Crippen MR) is 63.9 cm³/mol. The number of fused-ring (bicyclic) bond motifs is 1. The Balaban J connectivity index is 2.33. The van der Waals surface area contributed by atoms with E-state index in [0.29, 0.717) is 11.0 Å². The maximum Gasteiger partial charge on any atom is 0.234 e. The van der Waals surface area contributed by atoms with Gasteiger partial charge in [0.25, 0.3) is 0 Å². The Bertz CT molecular complexity index is 631. The molecule has 0 N–H and O–H groups in total. The average molecular weight is 230 g/mol. The summed E-state index contributed by atoms with van der Waals surface area (Å²) >= 11 is 6.15. The number of hydrogen-bond acceptors (Lipinski definition) is 2. The normalized spacial score (nSPS) is 10.8. The summed E-state index contributed by atoms with van der Waals surface area (Å²) in [6.45, 7) is 0. The topological polar surface area (TPSA) is 30.7 Å². The standard InChI is InChI=1S/C12H8ClN3/c13-10-8-16(12-14-6-3-7-15-12)11-5-2-1-4-9(10)11/h1-8H. The average Bonchev–Trinajstić information content (AvgIpc) is 2.69. The third-order valence-electron chi connectivity index (χ3n) is 2.43. The van der Waals surface area contributed by atoms with Gasteiger partial charge in [-0.2, -0.15) is 0 Å². The highest BCUT2D eigenvalue weighted by Gasteiger charge is 2.08. The van der Waals surface area contributed by atoms with Crippen molar-refractivity contribution in [3.05, 3.63) is 53.9 Å². The Morgan fingerprint density at radius 2 is 1.75 bits per heavy atom. The Hall–Kier alpha value is -1.87. The Kier molecular flexibility index (Phi) is 2.11. The quantitative estimate of drug-likeness (QED) is 0.642. The van der Waals surface area contributed by atoms with Crippen LogP contribution in [0.15, 0.2) is 48.9 Å². The van der Waals surface area contributed by atoms with Gasteiger partial charge in [0, 0.05) is 24.0 Å². The lowest BCUT2D eigenvalue weighted by Gasteiger charge is -2.01. The molecule has 4 heteroatoms. The first kappa shape index (κ1) is 9.36. The van der Waals surface area contributed by atoms with E-state index in [1.807, 2.05) is 35.0 Å². The molecule has 0 amide bonds. The summed E-state index contributed by atoms with van der Waals surface area (Å²) in [5.41, 5.74) is 1.01. The zero-order chi connectivity index (χ0) is 11.0. The fourth-order valence-electron chi connectivity index (χ4n) is 1.72. The van der Waals surface area contributed by atoms with Crippen LogP contribution in [0.25, 0.3) is 16.9 Å². The molecule has 0 aliphatic rings. The van der Waals surface area contributed by atoms with Gasteiger partial charge in [-0.1, -0.05) is 29.8 Å². The lowest BCUT2D eigenvalue weighted by atomic mass is 10.2. The van der Waals surface area contributed by atoms with Gasteiger partial charge in [0.05, 0.1) is 10.5 Å². The molecule has 0 radical (unpaired) electrons. The number of nitrogens with zero attached hydrogens (tertiary/aromatic N) is 3. The van der Waals surface area contributed by atoms with Crippen LogP contribution in [0.3, 0.4) is 0 Å². The Labute approximate surface area is 97.3 Å². The van der Waals surface area contributed by atoms with Gasteiger partial charge in [0.1, 0.15) is 0 Å². The summed E-state index contributed by atoms with van der Waals surface area (Å²) in [7, 11) is 0. The number of benzene rings is 1. The molecule has 0 fully saturated rings. The second-order valence-corrected chi connectivity index (χ2v) is 3.82. The summed E-state index contributed by atoms with van der Waals surface area (Å²) in [5.74, 6) is 0.630. The van der Waals surface area contributed by atoms with Gasteiger partial charge in [-0.15, -0.1) is 0 Å². The van der Waals surface area contributed by atoms with Gasteiger partial charge >= 0.3 is 0 Å². The maximum atomic E-state index is 6.15. The number of rotatable bonds is 1. The summed E-state index contributed by atoms with van der Waals surface area (Å²) in [6, 6.07) is 9.70. The van der Waals surface area contributed by atoms with Gasteiger partial charge in [-0.25, -0.2) is 9.97 Å². The van der Waals surface area contributed by atoms with Gasteiger partial charge in [0.2, 0.25) is 5.95 Å². The van der Waals surface area contributed by atoms with E-state index in [2.05, 4.69) is 9.97 Å². The highest BCUT2D eigenvalue weighted by Crippen LogP contribution is 2.26. The molecule has 16 heavy (non-hydrogen) atoms. The molecule has 2 heterocycles. The molecule has 0 aliphatic carbocycles. The van der Waals surface area contributed by atoms with E-state index in [4.69, 9.17) is 11.6 Å². The summed E-state index contributed by atoms with van der Waals surface area (Å²) in [4.78, 5) is 8.41. The van der Waals surface area contributed by atoms with Crippen LogP contribution >= 0.6 is 11.6 Å². The van der Waals surface area contributed by atoms with Crippen molar-refractivity contribution in [3.63, 3.8) is 0 Å². The third-order valence-corrected chi connectivity index (χ3v) is 2.73. The maximum absolute atomic E-state index is 6.15. The Morgan fingerprint density at radius 3 is 2.56 bits per heavy atom. The van der Waals surface area contributed by atoms with E-state index in [-0.39, 0.29) is 0 Å². The zero-order valence-electron chi connectivity index (χ0n) is 8.34. The van der Waals surface area contributed by atoms with Crippen LogP contribution < -0.4 is 0 Å². The van der Waals surface area contributed by atoms with E-state index in [1.54, 1.807) is 18.5 Å². The minimum atomic E-state index is 0.630. The number of para-hydroxylation sites is 1. The molecule has 0 spiro atoms. The molecular weight excluding hydrogens is 222 g/mol. The van der Waals surface area contributed by atoms with Crippen molar-refractivity contribution in [2.24, 2.45) is 0 Å². The molecule has 0 bridgehead atoms. The van der Waals surface area contributed by atoms with Crippen molar-refractivity contribution in [2.45, 2.75) is 0 Å². The summed E-state index contributed by atoms with van der Waals surface area (Å²) in [6.07, 6.45) is 5.26. The molecule has 1 aromatic carbocycles. The smallest absolute Gasteiger partial charge is 0.234 e. The van der Waals surface area contributed by atoms with Crippen LogP contribution in [0.4, 0.5) is 0 Å². The number of aromatic nitrogens is 3. The minimum absolute atomic E-state index is 0.630. The van der Waals surface area contributed by atoms with Crippen LogP contribution in [0.2, 0.25) is 5.02 Å². The molecule has 3 aromatic rings. The molecule has 78 valence electrons. The van der Waals surface area contributed by atoms with E-state index < -0.39 is 0 Å². The fraction of sp³-hybridized carbons (Fsp3) is 0. The first-order chi connectivity index (χ1) is 7.86. The van der Waals surface area contributed by atoms with E-state index in [0.717, 1.165) is 10.9 Å². The molecule has 0 saturated carbocycles. The van der Waals surface area contributed by atoms with Crippen LogP contribution in [0, 0.1) is 0 Å². The number of halogens is 1. The van der Waals surface area contributed by atoms with Crippen LogP contribution in [-0.2, 0) is 0 Å². The third kappa shape index (κ3) is 1.37. The highest BCUT2D eigenvalue weighted by atomic mass is 35.5. The number of hydrogen-bond donors (Lipinski definition) is 0. The second-order valence-electron chi connectivity index (χ2n) is 3.41. The first-order valence-corrected chi connectivity index (χ1v) is 5.27. The highest BCUT2D eigenvalue weighted by molar-refractivity contribution is 6.35. The molecule has 3 rings (SSSR count). The zero-order valence-corrected chi connectivity index (χ0v) is 9.09. The molecule has 0 atom stereocenters. The van der Waals surface area contributed by atoms with Crippen LogP contribution in [0.1, 0.15) is 0 Å². The van der Waals surface area contributed by atoms with Crippen LogP contribution in [-0.4, -0.2) is 14.5 Å². The molecule has 0 aliphatic heterocycles. The predicted octanol–water partition coefficient (Wildman–Crippen LogP) is 3.07. The van der Waals surface area contributed by atoms with Crippen molar-refractivity contribution in [2.75, 3.05) is 0 Å². The Morgan fingerprint density at radius 1 is 1.00 bits per heavy atom. The van der Waals surface area contributed by atoms with Crippen molar-refractivity contribution in [1.29, 1.82) is 0 Å². The lowest BCUT2D eigenvalue weighted by Crippen LogP contribution is -1.97. The summed E-state index contributed by atoms with van der Waals surface area (Å²) < 4.78 is 1.89. The SMILES string of the molecule is Clc1cn(-c2ncccn2)c2ccccc12. The lowest BCUT2D eigenvalue weighted by molar-refractivity contribution is 0.962. The van der Waals surface area contributed by atoms with Gasteiger partial charge < -0.3 is 0 Å². The van der Waals surface area contributed by atoms with Crippen molar-refractivity contribution < 1.29 is 0 Å². The molecule has 0 saturated heterocycles. The van der Waals surface area contributed by atoms with Gasteiger partial charge in [0.15, 0.2) is 0 Å². The van der Waals surface area contributed by atoms with Crippen molar-refractivity contribution in [3.8, 4) is 5.95 Å². The van der Waals surface area contributed by atoms with Crippen LogP contribution in [0.5, 0.6) is 0 Å². The van der Waals surface area contributed by atoms with Crippen molar-refractivity contribution in [1.82, 2.24) is 14.5 Å². The van der Waals surface area contributed by atoms with Gasteiger partial charge in [-0.3, -0.25) is 4.57 Å². The molecule has 2 aromatic heterocycles. The second kappa shape index (κ2) is 3.61. The molecule has 3 nitrogen and oxygen atoms in total. The van der Waals surface area contributed by atoms with E-state index >= 15 is 0 Å². The van der Waals surface area contributed by atoms with Gasteiger partial charge in [-0.05, 0) is 12.1 Å².